The largest absolute Gasteiger partial charge is 0.492 e. The molecule has 3 aromatic rings. The number of rotatable bonds is 9. The summed E-state index contributed by atoms with van der Waals surface area (Å²) < 4.78 is 0. The molecule has 0 amide bonds. The summed E-state index contributed by atoms with van der Waals surface area (Å²) in [7, 11) is -4.64. The average Bonchev–Trinajstić information content (AvgIpc) is 2.74. The minimum atomic E-state index is -4.01. The van der Waals surface area contributed by atoms with Crippen LogP contribution in [0.1, 0.15) is 12.0 Å². The molecule has 29 heavy (non-hydrogen) atoms. The quantitative estimate of drug-likeness (QED) is 0.214. The van der Waals surface area contributed by atoms with Crippen LogP contribution in [0.15, 0.2) is 96.0 Å². The maximum Gasteiger partial charge on any atom is 0.492 e. The Morgan fingerprint density at radius 3 is 1.69 bits per heavy atom. The maximum atomic E-state index is 9.25. The average molecular weight is 424 g/mol. The highest BCUT2D eigenvalue weighted by molar-refractivity contribution is 7.73. The molecule has 4 nitrogen and oxygen atoms in total. The van der Waals surface area contributed by atoms with Crippen LogP contribution >= 0.6 is 7.92 Å². The van der Waals surface area contributed by atoms with Gasteiger partial charge in [0.15, 0.2) is 0 Å². The minimum absolute atomic E-state index is 0.00466. The van der Waals surface area contributed by atoms with Crippen molar-refractivity contribution in [2.75, 3.05) is 12.7 Å². The molecule has 0 aliphatic heterocycles. The van der Waals surface area contributed by atoms with E-state index < -0.39 is 16.7 Å². The van der Waals surface area contributed by atoms with E-state index in [2.05, 4.69) is 60.7 Å². The second kappa shape index (κ2) is 10.6. The summed E-state index contributed by atoms with van der Waals surface area (Å²) in [4.78, 5) is 32.6. The summed E-state index contributed by atoms with van der Waals surface area (Å²) in [6, 6.07) is 31.2. The zero-order chi connectivity index (χ0) is 20.5. The highest BCUT2D eigenvalue weighted by Crippen LogP contribution is 2.34. The summed E-state index contributed by atoms with van der Waals surface area (Å²) in [6.45, 7) is 0.452. The van der Waals surface area contributed by atoms with E-state index in [1.54, 1.807) is 0 Å². The molecule has 150 valence electrons. The van der Waals surface area contributed by atoms with Crippen molar-refractivity contribution in [3.63, 3.8) is 0 Å². The smallest absolute Gasteiger partial charge is 0.390 e. The fourth-order valence-corrected chi connectivity index (χ4v) is 6.03. The van der Waals surface area contributed by atoms with E-state index >= 15 is 0 Å². The van der Waals surface area contributed by atoms with Crippen LogP contribution in [0.3, 0.4) is 0 Å². The highest BCUT2D eigenvalue weighted by atomic mass is 31.1. The molecule has 0 heterocycles. The van der Waals surface area contributed by atoms with Gasteiger partial charge in [0, 0.05) is 24.5 Å². The van der Waals surface area contributed by atoms with Crippen molar-refractivity contribution in [1.29, 1.82) is 0 Å². The van der Waals surface area contributed by atoms with E-state index in [0.29, 0.717) is 13.0 Å². The topological polar surface area (TPSA) is 73.0 Å². The number of aliphatic imine (C=N–C) groups is 1. The Bertz CT molecular complexity index is 860. The molecule has 0 aromatic heterocycles. The molecule has 0 aliphatic carbocycles. The number of hydrogen-bond donors (Lipinski definition) is 3. The fourth-order valence-electron chi connectivity index (χ4n) is 3.09. The lowest BCUT2D eigenvalue weighted by molar-refractivity contribution is 0.227. The molecule has 0 saturated carbocycles. The summed E-state index contributed by atoms with van der Waals surface area (Å²) in [5.74, 6) is 0. The third kappa shape index (κ3) is 7.00. The van der Waals surface area contributed by atoms with Crippen LogP contribution in [-0.4, -0.2) is 41.6 Å². The Morgan fingerprint density at radius 1 is 0.724 bits per heavy atom. The molecule has 0 unspecified atom stereocenters. The highest BCUT2D eigenvalue weighted by Gasteiger charge is 2.25. The van der Waals surface area contributed by atoms with Crippen molar-refractivity contribution in [2.24, 2.45) is 4.99 Å². The van der Waals surface area contributed by atoms with Gasteiger partial charge in [-0.25, -0.2) is 0 Å². The normalized spacial score (nSPS) is 12.3. The first kappa shape index (κ1) is 21.6. The Kier molecular flexibility index (Phi) is 7.87. The molecule has 0 bridgehead atoms. The van der Waals surface area contributed by atoms with Crippen LogP contribution in [-0.2, 0) is 0 Å². The van der Waals surface area contributed by atoms with E-state index in [0.717, 1.165) is 17.4 Å². The lowest BCUT2D eigenvalue weighted by atomic mass is 10.1. The zero-order valence-corrected chi connectivity index (χ0v) is 18.1. The minimum Gasteiger partial charge on any atom is -0.390 e. The van der Waals surface area contributed by atoms with Crippen molar-refractivity contribution in [3.05, 3.63) is 96.6 Å². The van der Waals surface area contributed by atoms with Gasteiger partial charge in [0.05, 0.1) is 0 Å². The van der Waals surface area contributed by atoms with Gasteiger partial charge in [-0.2, -0.15) is 0 Å². The molecule has 0 saturated heterocycles. The number of benzene rings is 3. The van der Waals surface area contributed by atoms with Crippen molar-refractivity contribution >= 4 is 33.0 Å². The summed E-state index contributed by atoms with van der Waals surface area (Å²) in [6.07, 6.45) is 1.24. The lowest BCUT2D eigenvalue weighted by Gasteiger charge is -2.20. The summed E-state index contributed by atoms with van der Waals surface area (Å²) >= 11 is 0. The number of hydrogen-bond acceptors (Lipinski definition) is 4. The Balaban J connectivity index is 1.89. The van der Waals surface area contributed by atoms with Gasteiger partial charge < -0.3 is 14.4 Å². The van der Waals surface area contributed by atoms with Gasteiger partial charge in [-0.3, -0.25) is 4.99 Å². The second-order valence-electron chi connectivity index (χ2n) is 6.83. The van der Waals surface area contributed by atoms with Crippen LogP contribution in [0.25, 0.3) is 0 Å². The van der Waals surface area contributed by atoms with Crippen molar-refractivity contribution < 1.29 is 14.4 Å². The lowest BCUT2D eigenvalue weighted by Crippen LogP contribution is -2.34. The number of nitrogens with zero attached hydrogens (tertiary/aromatic N) is 1. The van der Waals surface area contributed by atoms with E-state index in [-0.39, 0.29) is 6.04 Å². The first-order chi connectivity index (χ1) is 14.0. The van der Waals surface area contributed by atoms with Crippen LogP contribution in [0.4, 0.5) is 0 Å². The molecule has 0 aliphatic rings. The van der Waals surface area contributed by atoms with Gasteiger partial charge >= 0.3 is 8.80 Å². The van der Waals surface area contributed by atoms with Gasteiger partial charge in [0.25, 0.3) is 0 Å². The third-order valence-corrected chi connectivity index (χ3v) is 8.01. The van der Waals surface area contributed by atoms with Gasteiger partial charge in [0.2, 0.25) is 0 Å². The van der Waals surface area contributed by atoms with Crippen molar-refractivity contribution in [3.8, 4) is 0 Å². The first-order valence-electron chi connectivity index (χ1n) is 9.66. The Morgan fingerprint density at radius 2 is 1.21 bits per heavy atom. The molecular weight excluding hydrogens is 397 g/mol. The zero-order valence-electron chi connectivity index (χ0n) is 16.2. The molecule has 3 N–H and O–H groups in total. The van der Waals surface area contributed by atoms with Crippen LogP contribution < -0.4 is 10.6 Å². The Labute approximate surface area is 174 Å². The Hall–Kier alpha value is -2.14. The van der Waals surface area contributed by atoms with Crippen LogP contribution in [0, 0.1) is 0 Å². The van der Waals surface area contributed by atoms with E-state index in [1.165, 1.54) is 10.6 Å². The monoisotopic (exact) mass is 423 g/mol. The molecule has 0 fully saturated rings. The third-order valence-electron chi connectivity index (χ3n) is 4.52. The SMILES string of the molecule is O[Si](O)(O)CCCN=C(CP(c1ccccc1)c1ccccc1)c1ccccc1. The van der Waals surface area contributed by atoms with E-state index in [4.69, 9.17) is 4.99 Å². The molecule has 3 rings (SSSR count). The second-order valence-corrected chi connectivity index (χ2v) is 11.1. The van der Waals surface area contributed by atoms with E-state index in [1.807, 2.05) is 30.3 Å². The standard InChI is InChI=1S/C23H26NO3PSi/c25-29(26,27)18-10-17-24-23(20-11-4-1-5-12-20)19-28(21-13-6-2-7-14-21)22-15-8-3-9-16-22/h1-9,11-16,25-27H,10,17-19H2. The molecule has 0 radical (unpaired) electrons. The fraction of sp³-hybridized carbons (Fsp3) is 0.174. The van der Waals surface area contributed by atoms with Crippen molar-refractivity contribution in [2.45, 2.75) is 12.5 Å². The molecular formula is C23H26NO3PSi. The molecule has 3 aromatic carbocycles. The molecule has 0 spiro atoms. The van der Waals surface area contributed by atoms with Gasteiger partial charge in [0.1, 0.15) is 0 Å². The van der Waals surface area contributed by atoms with Gasteiger partial charge in [-0.1, -0.05) is 91.0 Å². The first-order valence-corrected chi connectivity index (χ1v) is 13.2. The van der Waals surface area contributed by atoms with Gasteiger partial charge in [-0.05, 0) is 30.5 Å². The van der Waals surface area contributed by atoms with Gasteiger partial charge in [-0.15, -0.1) is 0 Å². The predicted molar refractivity (Wildman–Crippen MR) is 124 cm³/mol. The van der Waals surface area contributed by atoms with Crippen molar-refractivity contribution in [1.82, 2.24) is 0 Å². The summed E-state index contributed by atoms with van der Waals surface area (Å²) in [5, 5.41) is 2.59. The maximum absolute atomic E-state index is 9.25. The molecule has 6 heteroatoms. The van der Waals surface area contributed by atoms with Crippen LogP contribution in [0.2, 0.25) is 6.04 Å². The predicted octanol–water partition coefficient (Wildman–Crippen LogP) is 2.91. The summed E-state index contributed by atoms with van der Waals surface area (Å²) in [5.41, 5.74) is 2.08. The molecule has 0 atom stereocenters. The van der Waals surface area contributed by atoms with Crippen LogP contribution in [0.5, 0.6) is 0 Å². The van der Waals surface area contributed by atoms with E-state index in [9.17, 15) is 14.4 Å².